The Balaban J connectivity index is 1.76. The first kappa shape index (κ1) is 15.2. The molecule has 22 heavy (non-hydrogen) atoms. The monoisotopic (exact) mass is 300 g/mol. The number of likely N-dealkylation sites (tertiary alicyclic amines) is 1. The normalized spacial score (nSPS) is 22.9. The summed E-state index contributed by atoms with van der Waals surface area (Å²) >= 11 is 0. The molecule has 1 fully saturated rings. The smallest absolute Gasteiger partial charge is 0.0695 e. The number of aromatic amines is 1. The van der Waals surface area contributed by atoms with E-state index in [1.807, 2.05) is 6.20 Å². The Labute approximate surface area is 131 Å². The highest BCUT2D eigenvalue weighted by atomic mass is 16.3. The fourth-order valence-corrected chi connectivity index (χ4v) is 3.16. The summed E-state index contributed by atoms with van der Waals surface area (Å²) in [4.78, 5) is 2.31. The number of aryl methyl sites for hydroxylation is 1. The summed E-state index contributed by atoms with van der Waals surface area (Å²) in [5.41, 5.74) is 10.4. The molecule has 2 aromatic rings. The topological polar surface area (TPSA) is 78.2 Å². The molecule has 1 aliphatic heterocycles. The van der Waals surface area contributed by atoms with Gasteiger partial charge in [-0.25, -0.2) is 0 Å². The Morgan fingerprint density at radius 3 is 2.86 bits per heavy atom. The fourth-order valence-electron chi connectivity index (χ4n) is 3.16. The molecule has 0 spiro atoms. The average Bonchev–Trinajstić information content (AvgIpc) is 2.96. The molecule has 2 heterocycles. The number of nitrogens with two attached hydrogens (primary N) is 1. The van der Waals surface area contributed by atoms with E-state index < -0.39 is 5.54 Å². The molecule has 5 nitrogen and oxygen atoms in total. The van der Waals surface area contributed by atoms with Crippen molar-refractivity contribution in [2.45, 2.75) is 31.8 Å². The summed E-state index contributed by atoms with van der Waals surface area (Å²) in [5.74, 6) is 0. The minimum atomic E-state index is -0.466. The number of H-pyrrole nitrogens is 1. The van der Waals surface area contributed by atoms with Crippen molar-refractivity contribution >= 4 is 0 Å². The second kappa shape index (κ2) is 6.20. The second-order valence-electron chi connectivity index (χ2n) is 6.47. The van der Waals surface area contributed by atoms with Gasteiger partial charge in [0.05, 0.1) is 24.0 Å². The van der Waals surface area contributed by atoms with Crippen LogP contribution in [0, 0.1) is 6.92 Å². The van der Waals surface area contributed by atoms with E-state index in [2.05, 4.69) is 46.3 Å². The number of hydrogen-bond acceptors (Lipinski definition) is 4. The lowest BCUT2D eigenvalue weighted by molar-refractivity contribution is 0.0902. The van der Waals surface area contributed by atoms with Crippen molar-refractivity contribution in [1.29, 1.82) is 0 Å². The van der Waals surface area contributed by atoms with Crippen molar-refractivity contribution in [3.05, 3.63) is 41.6 Å². The molecule has 1 saturated heterocycles. The standard InChI is InChI=1S/C17H24N4O/c1-13-3-5-14(6-4-13)16-15(9-19-20-16)10-21-8-2-7-17(18,11-21)12-22/h3-6,9,22H,2,7-8,10-12,18H2,1H3,(H,19,20). The van der Waals surface area contributed by atoms with E-state index in [-0.39, 0.29) is 6.61 Å². The molecule has 1 unspecified atom stereocenters. The third-order valence-corrected chi connectivity index (χ3v) is 4.45. The Hall–Kier alpha value is -1.69. The van der Waals surface area contributed by atoms with Crippen LogP contribution in [0.4, 0.5) is 0 Å². The molecule has 0 saturated carbocycles. The highest BCUT2D eigenvalue weighted by Crippen LogP contribution is 2.25. The number of piperidine rings is 1. The zero-order valence-corrected chi connectivity index (χ0v) is 13.0. The van der Waals surface area contributed by atoms with Crippen molar-refractivity contribution in [3.8, 4) is 11.3 Å². The van der Waals surface area contributed by atoms with Crippen LogP contribution in [0.2, 0.25) is 0 Å². The van der Waals surface area contributed by atoms with Gasteiger partial charge in [-0.1, -0.05) is 29.8 Å². The number of nitrogens with zero attached hydrogens (tertiary/aromatic N) is 2. The lowest BCUT2D eigenvalue weighted by atomic mass is 9.91. The molecule has 0 bridgehead atoms. The number of rotatable bonds is 4. The van der Waals surface area contributed by atoms with Crippen molar-refractivity contribution in [1.82, 2.24) is 15.1 Å². The molecule has 4 N–H and O–H groups in total. The maximum Gasteiger partial charge on any atom is 0.0695 e. The van der Waals surface area contributed by atoms with Crippen LogP contribution in [0.3, 0.4) is 0 Å². The Morgan fingerprint density at radius 2 is 2.14 bits per heavy atom. The van der Waals surface area contributed by atoms with Gasteiger partial charge < -0.3 is 10.8 Å². The average molecular weight is 300 g/mol. The van der Waals surface area contributed by atoms with E-state index in [1.54, 1.807) is 0 Å². The molecule has 0 aliphatic carbocycles. The summed E-state index contributed by atoms with van der Waals surface area (Å²) in [5, 5.41) is 16.8. The van der Waals surface area contributed by atoms with Crippen molar-refractivity contribution in [2.75, 3.05) is 19.7 Å². The highest BCUT2D eigenvalue weighted by molar-refractivity contribution is 5.62. The summed E-state index contributed by atoms with van der Waals surface area (Å²) in [7, 11) is 0. The molecule has 3 rings (SSSR count). The first-order valence-electron chi connectivity index (χ1n) is 7.81. The third-order valence-electron chi connectivity index (χ3n) is 4.45. The van der Waals surface area contributed by atoms with Crippen LogP contribution in [0.5, 0.6) is 0 Å². The molecular formula is C17H24N4O. The molecule has 1 aromatic heterocycles. The van der Waals surface area contributed by atoms with Crippen molar-refractivity contribution in [2.24, 2.45) is 5.73 Å². The molecule has 0 radical (unpaired) electrons. The first-order chi connectivity index (χ1) is 10.6. The van der Waals surface area contributed by atoms with Gasteiger partial charge >= 0.3 is 0 Å². The number of aromatic nitrogens is 2. The summed E-state index contributed by atoms with van der Waals surface area (Å²) in [6.45, 7) is 4.67. The van der Waals surface area contributed by atoms with E-state index in [0.29, 0.717) is 0 Å². The molecule has 5 heteroatoms. The first-order valence-corrected chi connectivity index (χ1v) is 7.81. The number of nitrogens with one attached hydrogen (secondary N) is 1. The molecule has 118 valence electrons. The Morgan fingerprint density at radius 1 is 1.36 bits per heavy atom. The van der Waals surface area contributed by atoms with Crippen LogP contribution in [0.25, 0.3) is 11.3 Å². The lowest BCUT2D eigenvalue weighted by Gasteiger charge is -2.39. The molecule has 1 aromatic carbocycles. The summed E-state index contributed by atoms with van der Waals surface area (Å²) in [6.07, 6.45) is 3.80. The zero-order chi connectivity index (χ0) is 15.6. The van der Waals surface area contributed by atoms with Crippen LogP contribution < -0.4 is 5.73 Å². The fraction of sp³-hybridized carbons (Fsp3) is 0.471. The van der Waals surface area contributed by atoms with Crippen LogP contribution in [0.15, 0.2) is 30.5 Å². The van der Waals surface area contributed by atoms with Crippen LogP contribution in [0.1, 0.15) is 24.0 Å². The number of aliphatic hydroxyl groups is 1. The zero-order valence-electron chi connectivity index (χ0n) is 13.0. The van der Waals surface area contributed by atoms with Gasteiger partial charge in [0.1, 0.15) is 0 Å². The van der Waals surface area contributed by atoms with Crippen molar-refractivity contribution in [3.63, 3.8) is 0 Å². The van der Waals surface area contributed by atoms with E-state index in [9.17, 15) is 5.11 Å². The molecular weight excluding hydrogens is 276 g/mol. The highest BCUT2D eigenvalue weighted by Gasteiger charge is 2.31. The molecule has 0 amide bonds. The number of aliphatic hydroxyl groups excluding tert-OH is 1. The minimum Gasteiger partial charge on any atom is -0.394 e. The SMILES string of the molecule is Cc1ccc(-c2[nH]ncc2CN2CCCC(N)(CO)C2)cc1. The van der Waals surface area contributed by atoms with Gasteiger partial charge in [-0.3, -0.25) is 10.00 Å². The van der Waals surface area contributed by atoms with Crippen LogP contribution >= 0.6 is 0 Å². The predicted octanol–water partition coefficient (Wildman–Crippen LogP) is 1.67. The van der Waals surface area contributed by atoms with E-state index in [0.717, 1.165) is 43.7 Å². The van der Waals surface area contributed by atoms with E-state index in [1.165, 1.54) is 11.1 Å². The quantitative estimate of drug-likeness (QED) is 0.802. The largest absolute Gasteiger partial charge is 0.394 e. The van der Waals surface area contributed by atoms with Crippen LogP contribution in [-0.4, -0.2) is 45.4 Å². The van der Waals surface area contributed by atoms with Crippen molar-refractivity contribution < 1.29 is 5.11 Å². The van der Waals surface area contributed by atoms with Gasteiger partial charge in [0.2, 0.25) is 0 Å². The minimum absolute atomic E-state index is 0.0414. The third kappa shape index (κ3) is 3.21. The maximum atomic E-state index is 9.48. The molecule has 1 atom stereocenters. The van der Waals surface area contributed by atoms with Gasteiger partial charge in [-0.15, -0.1) is 0 Å². The number of benzene rings is 1. The van der Waals surface area contributed by atoms with E-state index >= 15 is 0 Å². The maximum absolute atomic E-state index is 9.48. The molecule has 1 aliphatic rings. The summed E-state index contributed by atoms with van der Waals surface area (Å²) < 4.78 is 0. The second-order valence-corrected chi connectivity index (χ2v) is 6.47. The Bertz CT molecular complexity index is 622. The van der Waals surface area contributed by atoms with Gasteiger partial charge in [0, 0.05) is 18.7 Å². The van der Waals surface area contributed by atoms with E-state index in [4.69, 9.17) is 5.73 Å². The van der Waals surface area contributed by atoms with Gasteiger partial charge in [0.15, 0.2) is 0 Å². The van der Waals surface area contributed by atoms with Crippen LogP contribution in [-0.2, 0) is 6.54 Å². The van der Waals surface area contributed by atoms with Gasteiger partial charge in [-0.2, -0.15) is 5.10 Å². The van der Waals surface area contributed by atoms with Gasteiger partial charge in [0.25, 0.3) is 0 Å². The number of hydrogen-bond donors (Lipinski definition) is 3. The summed E-state index contributed by atoms with van der Waals surface area (Å²) in [6, 6.07) is 8.45. The predicted molar refractivity (Wildman–Crippen MR) is 87.3 cm³/mol. The lowest BCUT2D eigenvalue weighted by Crippen LogP contribution is -2.56. The van der Waals surface area contributed by atoms with Gasteiger partial charge in [-0.05, 0) is 31.9 Å². The Kier molecular flexibility index (Phi) is 4.29.